The summed E-state index contributed by atoms with van der Waals surface area (Å²) in [6.45, 7) is 0. The molecule has 0 bridgehead atoms. The first-order chi connectivity index (χ1) is 7.38. The molecule has 0 spiro atoms. The molecule has 1 N–H and O–H groups in total. The van der Waals surface area contributed by atoms with Gasteiger partial charge in [-0.3, -0.25) is 0 Å². The minimum Gasteiger partial charge on any atom is -0.373 e. The third-order valence-electron chi connectivity index (χ3n) is 1.85. The van der Waals surface area contributed by atoms with Gasteiger partial charge in [-0.15, -0.1) is 11.3 Å². The number of thiazole rings is 1. The van der Waals surface area contributed by atoms with E-state index >= 15 is 0 Å². The summed E-state index contributed by atoms with van der Waals surface area (Å²) < 4.78 is 1.11. The smallest absolute Gasteiger partial charge is 0.150 e. The Kier molecular flexibility index (Phi) is 3.58. The number of hydrogen-bond acceptors (Lipinski definition) is 5. The van der Waals surface area contributed by atoms with Crippen LogP contribution in [0.1, 0.15) is 5.56 Å². The van der Waals surface area contributed by atoms with Gasteiger partial charge in [0.05, 0.1) is 0 Å². The minimum atomic E-state index is 0.909. The van der Waals surface area contributed by atoms with Crippen molar-refractivity contribution in [1.82, 2.24) is 9.97 Å². The van der Waals surface area contributed by atoms with E-state index in [0.717, 1.165) is 15.9 Å². The molecule has 0 aliphatic heterocycles. The van der Waals surface area contributed by atoms with Gasteiger partial charge in [-0.05, 0) is 17.7 Å². The van der Waals surface area contributed by atoms with E-state index in [4.69, 9.17) is 0 Å². The molecule has 2 heterocycles. The lowest BCUT2D eigenvalue weighted by Crippen LogP contribution is -1.92. The quantitative estimate of drug-likeness (QED) is 0.830. The van der Waals surface area contributed by atoms with Crippen LogP contribution in [0.2, 0.25) is 0 Å². The van der Waals surface area contributed by atoms with E-state index in [-0.39, 0.29) is 0 Å². The summed E-state index contributed by atoms with van der Waals surface area (Å²) in [7, 11) is 1.88. The highest BCUT2D eigenvalue weighted by Crippen LogP contribution is 2.24. The molecule has 2 rings (SSSR count). The molecule has 0 radical (unpaired) electrons. The lowest BCUT2D eigenvalue weighted by atomic mass is 10.3. The summed E-state index contributed by atoms with van der Waals surface area (Å²) in [4.78, 5) is 8.39. The van der Waals surface area contributed by atoms with Crippen LogP contribution in [0.15, 0.2) is 34.2 Å². The van der Waals surface area contributed by atoms with Gasteiger partial charge in [0.15, 0.2) is 0 Å². The Bertz CT molecular complexity index is 414. The molecule has 0 saturated carbocycles. The van der Waals surface area contributed by atoms with Crippen molar-refractivity contribution >= 4 is 28.9 Å². The zero-order chi connectivity index (χ0) is 10.5. The normalized spacial score (nSPS) is 10.2. The molecule has 2 aromatic heterocycles. The largest absolute Gasteiger partial charge is 0.373 e. The molecule has 0 amide bonds. The van der Waals surface area contributed by atoms with Gasteiger partial charge >= 0.3 is 0 Å². The molecule has 0 atom stereocenters. The van der Waals surface area contributed by atoms with Crippen molar-refractivity contribution < 1.29 is 0 Å². The zero-order valence-corrected chi connectivity index (χ0v) is 9.94. The van der Waals surface area contributed by atoms with Crippen molar-refractivity contribution in [3.8, 4) is 0 Å². The SMILES string of the molecule is CNc1cc(CSc2nccs2)ccn1. The maximum absolute atomic E-state index is 4.22. The van der Waals surface area contributed by atoms with Gasteiger partial charge in [0.25, 0.3) is 0 Å². The Morgan fingerprint density at radius 1 is 1.40 bits per heavy atom. The minimum absolute atomic E-state index is 0.909. The van der Waals surface area contributed by atoms with Crippen molar-refractivity contribution in [3.05, 3.63) is 35.5 Å². The maximum atomic E-state index is 4.22. The summed E-state index contributed by atoms with van der Waals surface area (Å²) in [5.74, 6) is 1.84. The number of aromatic nitrogens is 2. The number of nitrogens with zero attached hydrogens (tertiary/aromatic N) is 2. The Balaban J connectivity index is 1.98. The Morgan fingerprint density at radius 3 is 3.07 bits per heavy atom. The second kappa shape index (κ2) is 5.14. The number of anilines is 1. The van der Waals surface area contributed by atoms with Gasteiger partial charge in [0.2, 0.25) is 0 Å². The Labute approximate surface area is 97.0 Å². The van der Waals surface area contributed by atoms with Crippen molar-refractivity contribution in [2.24, 2.45) is 0 Å². The average Bonchev–Trinajstić information content (AvgIpc) is 2.79. The van der Waals surface area contributed by atoms with Crippen LogP contribution in [-0.4, -0.2) is 17.0 Å². The van der Waals surface area contributed by atoms with E-state index in [2.05, 4.69) is 21.4 Å². The van der Waals surface area contributed by atoms with Gasteiger partial charge in [-0.1, -0.05) is 11.8 Å². The van der Waals surface area contributed by atoms with E-state index in [1.54, 1.807) is 23.1 Å². The molecule has 0 saturated heterocycles. The van der Waals surface area contributed by atoms with Crippen LogP contribution in [0.25, 0.3) is 0 Å². The van der Waals surface area contributed by atoms with Crippen molar-refractivity contribution in [1.29, 1.82) is 0 Å². The maximum Gasteiger partial charge on any atom is 0.150 e. The van der Waals surface area contributed by atoms with Crippen LogP contribution in [0.4, 0.5) is 5.82 Å². The van der Waals surface area contributed by atoms with Gasteiger partial charge in [-0.25, -0.2) is 9.97 Å². The number of rotatable bonds is 4. The van der Waals surface area contributed by atoms with Crippen LogP contribution in [0, 0.1) is 0 Å². The predicted octanol–water partition coefficient (Wildman–Crippen LogP) is 2.87. The number of thioether (sulfide) groups is 1. The molecule has 0 fully saturated rings. The summed E-state index contributed by atoms with van der Waals surface area (Å²) >= 11 is 3.42. The molecule has 15 heavy (non-hydrogen) atoms. The van der Waals surface area contributed by atoms with Crippen molar-refractivity contribution in [3.63, 3.8) is 0 Å². The van der Waals surface area contributed by atoms with Crippen LogP contribution in [0.5, 0.6) is 0 Å². The summed E-state index contributed by atoms with van der Waals surface area (Å²) in [5.41, 5.74) is 1.26. The van der Waals surface area contributed by atoms with E-state index in [9.17, 15) is 0 Å². The fraction of sp³-hybridized carbons (Fsp3) is 0.200. The average molecular weight is 237 g/mol. The van der Waals surface area contributed by atoms with E-state index in [1.807, 2.05) is 30.9 Å². The molecule has 3 nitrogen and oxygen atoms in total. The molecule has 2 aromatic rings. The third-order valence-corrected chi connectivity index (χ3v) is 3.89. The predicted molar refractivity (Wildman–Crippen MR) is 65.5 cm³/mol. The number of pyridine rings is 1. The van der Waals surface area contributed by atoms with E-state index < -0.39 is 0 Å². The second-order valence-corrected chi connectivity index (χ2v) is 5.00. The topological polar surface area (TPSA) is 37.8 Å². The van der Waals surface area contributed by atoms with Gasteiger partial charge in [0, 0.05) is 30.6 Å². The molecule has 5 heteroatoms. The van der Waals surface area contributed by atoms with Crippen molar-refractivity contribution in [2.45, 2.75) is 10.1 Å². The Morgan fingerprint density at radius 2 is 2.33 bits per heavy atom. The first kappa shape index (κ1) is 10.4. The molecule has 0 aliphatic rings. The summed E-state index contributed by atoms with van der Waals surface area (Å²) in [5, 5.41) is 5.02. The highest BCUT2D eigenvalue weighted by atomic mass is 32.2. The van der Waals surface area contributed by atoms with Gasteiger partial charge < -0.3 is 5.32 Å². The zero-order valence-electron chi connectivity index (χ0n) is 8.30. The van der Waals surface area contributed by atoms with Crippen molar-refractivity contribution in [2.75, 3.05) is 12.4 Å². The summed E-state index contributed by atoms with van der Waals surface area (Å²) in [6.07, 6.45) is 3.65. The van der Waals surface area contributed by atoms with Crippen LogP contribution < -0.4 is 5.32 Å². The van der Waals surface area contributed by atoms with E-state index in [0.29, 0.717) is 0 Å². The van der Waals surface area contributed by atoms with Crippen LogP contribution in [0.3, 0.4) is 0 Å². The molecule has 0 unspecified atom stereocenters. The molecular weight excluding hydrogens is 226 g/mol. The first-order valence-electron chi connectivity index (χ1n) is 4.53. The third kappa shape index (κ3) is 2.94. The highest BCUT2D eigenvalue weighted by molar-refractivity contribution is 8.00. The fourth-order valence-electron chi connectivity index (χ4n) is 1.13. The fourth-order valence-corrected chi connectivity index (χ4v) is 2.71. The molecule has 0 aliphatic carbocycles. The molecule has 78 valence electrons. The number of nitrogens with one attached hydrogen (secondary N) is 1. The highest BCUT2D eigenvalue weighted by Gasteiger charge is 1.99. The monoisotopic (exact) mass is 237 g/mol. The lowest BCUT2D eigenvalue weighted by Gasteiger charge is -2.02. The van der Waals surface area contributed by atoms with E-state index in [1.165, 1.54) is 5.56 Å². The molecule has 0 aromatic carbocycles. The first-order valence-corrected chi connectivity index (χ1v) is 6.40. The van der Waals surface area contributed by atoms with Crippen LogP contribution >= 0.6 is 23.1 Å². The van der Waals surface area contributed by atoms with Gasteiger partial charge in [0.1, 0.15) is 10.2 Å². The van der Waals surface area contributed by atoms with Crippen LogP contribution in [-0.2, 0) is 5.75 Å². The van der Waals surface area contributed by atoms with Gasteiger partial charge in [-0.2, -0.15) is 0 Å². The second-order valence-electron chi connectivity index (χ2n) is 2.89. The lowest BCUT2D eigenvalue weighted by molar-refractivity contribution is 1.23. The standard InChI is InChI=1S/C10H11N3S2/c1-11-9-6-8(2-3-12-9)7-15-10-13-4-5-14-10/h2-6H,7H2,1H3,(H,11,12). The Hall–Kier alpha value is -1.07. The number of hydrogen-bond donors (Lipinski definition) is 1. The summed E-state index contributed by atoms with van der Waals surface area (Å²) in [6, 6.07) is 4.09. The molecular formula is C10H11N3S2.